The summed E-state index contributed by atoms with van der Waals surface area (Å²) in [6.45, 7) is 1.17. The molecule has 216 valence electrons. The summed E-state index contributed by atoms with van der Waals surface area (Å²) in [5.41, 5.74) is 0.843. The Morgan fingerprint density at radius 2 is 1.46 bits per heavy atom. The number of fused-ring (bicyclic) bond motifs is 3. The molecule has 1 unspecified atom stereocenters. The maximum atomic E-state index is 12.8. The van der Waals surface area contributed by atoms with Crippen molar-refractivity contribution >= 4 is 58.0 Å². The van der Waals surface area contributed by atoms with Gasteiger partial charge in [-0.25, -0.2) is 19.2 Å². The van der Waals surface area contributed by atoms with Crippen LogP contribution in [0.25, 0.3) is 10.9 Å². The number of hydrogen-bond acceptors (Lipinski definition) is 10. The molecule has 2 spiro atoms. The van der Waals surface area contributed by atoms with Crippen molar-refractivity contribution in [3.8, 4) is 0 Å². The number of piperazine rings is 1. The molecule has 0 saturated carbocycles. The van der Waals surface area contributed by atoms with Crippen molar-refractivity contribution in [3.05, 3.63) is 58.7 Å². The SMILES string of the molecule is O=C1C=CC(=O)OC2(CN3CCCCC3C3(OC(=O)C=CC(=O)O3)N2CCCCn2ccc3cc(Cl)cc(Cl)c32)O1. The zero-order valence-corrected chi connectivity index (χ0v) is 23.4. The molecule has 2 aromatic rings. The van der Waals surface area contributed by atoms with Gasteiger partial charge < -0.3 is 23.5 Å². The van der Waals surface area contributed by atoms with Gasteiger partial charge in [0.05, 0.1) is 17.1 Å². The summed E-state index contributed by atoms with van der Waals surface area (Å²) in [5.74, 6) is -7.27. The Morgan fingerprint density at radius 3 is 2.15 bits per heavy atom. The zero-order chi connectivity index (χ0) is 28.8. The normalized spacial score (nSPS) is 24.0. The summed E-state index contributed by atoms with van der Waals surface area (Å²) in [5, 5.41) is 1.98. The van der Waals surface area contributed by atoms with Crippen LogP contribution in [0, 0.1) is 0 Å². The highest BCUT2D eigenvalue weighted by Gasteiger charge is 2.68. The van der Waals surface area contributed by atoms with Gasteiger partial charge in [-0.05, 0) is 50.4 Å². The Labute approximate surface area is 245 Å². The van der Waals surface area contributed by atoms with E-state index < -0.39 is 41.7 Å². The lowest BCUT2D eigenvalue weighted by Crippen LogP contribution is -2.80. The van der Waals surface area contributed by atoms with E-state index >= 15 is 0 Å². The van der Waals surface area contributed by atoms with E-state index in [-0.39, 0.29) is 13.1 Å². The van der Waals surface area contributed by atoms with Crippen LogP contribution >= 0.6 is 23.2 Å². The number of benzene rings is 1. The number of hydrogen-bond donors (Lipinski definition) is 0. The smallest absolute Gasteiger partial charge is 0.343 e. The number of carbonyl (C=O) groups is 4. The molecule has 1 aromatic heterocycles. The molecule has 4 aliphatic heterocycles. The van der Waals surface area contributed by atoms with E-state index in [1.807, 2.05) is 27.8 Å². The van der Waals surface area contributed by atoms with Crippen molar-refractivity contribution in [1.82, 2.24) is 14.4 Å². The van der Waals surface area contributed by atoms with Gasteiger partial charge in [-0.1, -0.05) is 29.6 Å². The molecule has 4 aliphatic rings. The Kier molecular flexibility index (Phi) is 7.31. The van der Waals surface area contributed by atoms with Crippen LogP contribution in [0.3, 0.4) is 0 Å². The number of esters is 4. The minimum Gasteiger partial charge on any atom is -0.403 e. The Balaban J connectivity index is 1.34. The first-order chi connectivity index (χ1) is 19.7. The third-order valence-corrected chi connectivity index (χ3v) is 8.27. The molecule has 0 bridgehead atoms. The van der Waals surface area contributed by atoms with Gasteiger partial charge in [0.25, 0.3) is 0 Å². The molecule has 1 aromatic carbocycles. The summed E-state index contributed by atoms with van der Waals surface area (Å²) >= 11 is 12.6. The number of rotatable bonds is 5. The fourth-order valence-electron chi connectivity index (χ4n) is 6.15. The predicted octanol–water partition coefficient (Wildman–Crippen LogP) is 3.52. The van der Waals surface area contributed by atoms with Gasteiger partial charge in [0, 0.05) is 54.0 Å². The van der Waals surface area contributed by atoms with E-state index in [0.29, 0.717) is 42.4 Å². The second-order valence-electron chi connectivity index (χ2n) is 10.4. The van der Waals surface area contributed by atoms with E-state index in [4.69, 9.17) is 42.1 Å². The molecule has 0 aliphatic carbocycles. The highest BCUT2D eigenvalue weighted by Crippen LogP contribution is 2.45. The molecule has 11 nitrogen and oxygen atoms in total. The average Bonchev–Trinajstić information content (AvgIpc) is 3.18. The van der Waals surface area contributed by atoms with Gasteiger partial charge in [-0.15, -0.1) is 0 Å². The quantitative estimate of drug-likeness (QED) is 0.371. The summed E-state index contributed by atoms with van der Waals surface area (Å²) in [4.78, 5) is 54.3. The number of nitrogens with zero attached hydrogens (tertiary/aromatic N) is 3. The standard InChI is InChI=1S/C28H27Cl2N3O8/c29-19-15-18-10-14-31(26(18)20(30)16-19)11-3-4-13-33-27(38-22(34)6-7-23(35)39-27)17-32-12-2-1-5-21(32)28(33)40-24(36)8-9-25(37)41-28/h6-10,14-16,21H,1-5,11-13,17H2. The van der Waals surface area contributed by atoms with Gasteiger partial charge in [-0.2, -0.15) is 4.90 Å². The van der Waals surface area contributed by atoms with Gasteiger partial charge in [0.15, 0.2) is 0 Å². The summed E-state index contributed by atoms with van der Waals surface area (Å²) < 4.78 is 25.3. The van der Waals surface area contributed by atoms with Crippen molar-refractivity contribution in [2.75, 3.05) is 19.6 Å². The fourth-order valence-corrected chi connectivity index (χ4v) is 6.77. The number of carbonyl (C=O) groups excluding carboxylic acids is 4. The molecule has 6 rings (SSSR count). The van der Waals surface area contributed by atoms with Crippen LogP contribution in [0.15, 0.2) is 48.7 Å². The van der Waals surface area contributed by atoms with E-state index in [1.165, 1.54) is 4.90 Å². The first kappa shape index (κ1) is 27.8. The first-order valence-corrected chi connectivity index (χ1v) is 14.2. The minimum atomic E-state index is -2.02. The number of aryl methyl sites for hydroxylation is 1. The number of ether oxygens (including phenoxy) is 4. The molecule has 2 saturated heterocycles. The van der Waals surface area contributed by atoms with E-state index in [1.54, 1.807) is 6.07 Å². The second kappa shape index (κ2) is 10.8. The summed E-state index contributed by atoms with van der Waals surface area (Å²) in [7, 11) is 0. The number of aromatic nitrogens is 1. The second-order valence-corrected chi connectivity index (χ2v) is 11.2. The molecule has 41 heavy (non-hydrogen) atoms. The van der Waals surface area contributed by atoms with Crippen molar-refractivity contribution < 1.29 is 38.1 Å². The topological polar surface area (TPSA) is 117 Å². The van der Waals surface area contributed by atoms with Crippen molar-refractivity contribution in [2.24, 2.45) is 0 Å². The van der Waals surface area contributed by atoms with Crippen molar-refractivity contribution in [2.45, 2.75) is 56.5 Å². The first-order valence-electron chi connectivity index (χ1n) is 13.4. The summed E-state index contributed by atoms with van der Waals surface area (Å²) in [6.07, 6.45) is 9.02. The van der Waals surface area contributed by atoms with Crippen LogP contribution < -0.4 is 0 Å². The average molecular weight is 604 g/mol. The van der Waals surface area contributed by atoms with Crippen LogP contribution in [0.1, 0.15) is 32.1 Å². The molecule has 2 fully saturated rings. The van der Waals surface area contributed by atoms with Crippen LogP contribution in [-0.2, 0) is 44.7 Å². The van der Waals surface area contributed by atoms with Crippen molar-refractivity contribution in [3.63, 3.8) is 0 Å². The Morgan fingerprint density at radius 1 is 0.829 bits per heavy atom. The van der Waals surface area contributed by atoms with Crippen LogP contribution in [0.2, 0.25) is 10.0 Å². The lowest BCUT2D eigenvalue weighted by molar-refractivity contribution is -0.425. The molecule has 0 N–H and O–H groups in total. The highest BCUT2D eigenvalue weighted by atomic mass is 35.5. The predicted molar refractivity (Wildman–Crippen MR) is 145 cm³/mol. The highest BCUT2D eigenvalue weighted by molar-refractivity contribution is 6.38. The van der Waals surface area contributed by atoms with Gasteiger partial charge in [0.2, 0.25) is 0 Å². The molecular weight excluding hydrogens is 577 g/mol. The maximum Gasteiger partial charge on any atom is 0.343 e. The Hall–Kier alpha value is -3.38. The zero-order valence-electron chi connectivity index (χ0n) is 21.9. The third kappa shape index (κ3) is 5.12. The van der Waals surface area contributed by atoms with E-state index in [0.717, 1.165) is 48.0 Å². The summed E-state index contributed by atoms with van der Waals surface area (Å²) in [6, 6.07) is 4.86. The van der Waals surface area contributed by atoms with E-state index in [9.17, 15) is 19.2 Å². The fraction of sp³-hybridized carbons (Fsp3) is 0.429. The van der Waals surface area contributed by atoms with Gasteiger partial charge >= 0.3 is 35.7 Å². The molecule has 0 radical (unpaired) electrons. The molecule has 13 heteroatoms. The van der Waals surface area contributed by atoms with Gasteiger partial charge in [0.1, 0.15) is 6.04 Å². The molecular formula is C28H27Cl2N3O8. The molecule has 0 amide bonds. The number of piperidine rings is 1. The minimum absolute atomic E-state index is 0.0142. The van der Waals surface area contributed by atoms with E-state index in [2.05, 4.69) is 0 Å². The van der Waals surface area contributed by atoms with Gasteiger partial charge in [-0.3, -0.25) is 4.90 Å². The monoisotopic (exact) mass is 603 g/mol. The number of halogens is 2. The molecule has 1 atom stereocenters. The maximum absolute atomic E-state index is 12.8. The largest absolute Gasteiger partial charge is 0.403 e. The Bertz CT molecular complexity index is 1440. The van der Waals surface area contributed by atoms with Crippen LogP contribution in [-0.4, -0.2) is 75.7 Å². The number of unbranched alkanes of at least 4 members (excludes halogenated alkanes) is 1. The lowest BCUT2D eigenvalue weighted by atomic mass is 9.93. The molecule has 5 heterocycles. The van der Waals surface area contributed by atoms with Crippen LogP contribution in [0.5, 0.6) is 0 Å². The van der Waals surface area contributed by atoms with Crippen LogP contribution in [0.4, 0.5) is 0 Å². The third-order valence-electron chi connectivity index (χ3n) is 7.76. The van der Waals surface area contributed by atoms with Crippen molar-refractivity contribution in [1.29, 1.82) is 0 Å². The lowest BCUT2D eigenvalue weighted by Gasteiger charge is -2.59.